The van der Waals surface area contributed by atoms with Gasteiger partial charge in [-0.05, 0) is 43.3 Å². The Morgan fingerprint density at radius 2 is 1.61 bits per heavy atom. The summed E-state index contributed by atoms with van der Waals surface area (Å²) in [5.74, 6) is 0. The molecule has 0 radical (unpaired) electrons. The smallest absolute Gasteiger partial charge is 0.267 e. The van der Waals surface area contributed by atoms with Gasteiger partial charge in [0, 0.05) is 17.1 Å². The van der Waals surface area contributed by atoms with Crippen molar-refractivity contribution in [2.75, 3.05) is 0 Å². The number of nitrogens with zero attached hydrogens (tertiary/aromatic N) is 3. The first-order valence-corrected chi connectivity index (χ1v) is 12.5. The highest BCUT2D eigenvalue weighted by Gasteiger charge is 2.21. The van der Waals surface area contributed by atoms with Crippen LogP contribution in [0.1, 0.15) is 11.1 Å². The summed E-state index contributed by atoms with van der Waals surface area (Å²) in [6, 6.07) is 21.6. The van der Waals surface area contributed by atoms with E-state index in [1.807, 2.05) is 43.3 Å². The summed E-state index contributed by atoms with van der Waals surface area (Å²) in [6.07, 6.45) is 3.33. The number of para-hydroxylation sites is 3. The average Bonchev–Trinajstić information content (AvgIpc) is 3.46. The van der Waals surface area contributed by atoms with Crippen molar-refractivity contribution in [2.24, 2.45) is 0 Å². The average molecular weight is 472 g/mol. The molecule has 0 amide bonds. The molecule has 3 heterocycles. The van der Waals surface area contributed by atoms with Gasteiger partial charge in [-0.25, -0.2) is 21.8 Å². The number of aryl methyl sites for hydroxylation is 1. The first-order valence-electron chi connectivity index (χ1n) is 10.3. The molecule has 0 aliphatic rings. The lowest BCUT2D eigenvalue weighted by Crippen LogP contribution is -2.22. The number of rotatable bonds is 3. The van der Waals surface area contributed by atoms with Crippen LogP contribution in [-0.4, -0.2) is 21.8 Å². The Bertz CT molecular complexity index is 1910. The molecule has 6 rings (SSSR count). The zero-order valence-corrected chi connectivity index (χ0v) is 19.1. The van der Waals surface area contributed by atoms with Crippen molar-refractivity contribution in [3.63, 3.8) is 0 Å². The van der Waals surface area contributed by atoms with Gasteiger partial charge in [0.15, 0.2) is 4.96 Å². The molecular formula is C25H17N3O3S2. The molecule has 0 N–H and O–H groups in total. The Labute approximate surface area is 192 Å². The van der Waals surface area contributed by atoms with E-state index in [9.17, 15) is 13.2 Å². The molecule has 33 heavy (non-hydrogen) atoms. The molecule has 0 unspecified atom stereocenters. The van der Waals surface area contributed by atoms with Crippen LogP contribution in [-0.2, 0) is 10.0 Å². The van der Waals surface area contributed by atoms with E-state index in [1.54, 1.807) is 53.1 Å². The Morgan fingerprint density at radius 1 is 0.909 bits per heavy atom. The fourth-order valence-corrected chi connectivity index (χ4v) is 6.42. The lowest BCUT2D eigenvalue weighted by atomic mass is 10.2. The maximum atomic E-state index is 13.4. The number of thiazole rings is 1. The van der Waals surface area contributed by atoms with Crippen LogP contribution in [0.2, 0.25) is 0 Å². The standard InChI is InChI=1S/C25H17N3O3S2/c1-16-10-12-18(13-11-16)33(30,31)27-15-17(19-6-2-4-8-21(19)27)14-23-24(29)28-22-9-5-3-7-20(22)26-25(28)32-23/h2-15H,1H3/b23-14-. The van der Waals surface area contributed by atoms with Gasteiger partial charge in [0.2, 0.25) is 0 Å². The molecule has 6 aromatic rings. The van der Waals surface area contributed by atoms with Gasteiger partial charge >= 0.3 is 0 Å². The molecule has 3 aromatic carbocycles. The van der Waals surface area contributed by atoms with Crippen LogP contribution in [0, 0.1) is 6.92 Å². The van der Waals surface area contributed by atoms with Crippen molar-refractivity contribution in [3.8, 4) is 0 Å². The first kappa shape index (κ1) is 19.9. The van der Waals surface area contributed by atoms with Crippen LogP contribution in [0.15, 0.2) is 88.7 Å². The van der Waals surface area contributed by atoms with Crippen LogP contribution < -0.4 is 10.1 Å². The minimum Gasteiger partial charge on any atom is -0.267 e. The van der Waals surface area contributed by atoms with Crippen molar-refractivity contribution < 1.29 is 8.42 Å². The van der Waals surface area contributed by atoms with Crippen LogP contribution in [0.4, 0.5) is 0 Å². The Balaban J connectivity index is 1.59. The highest BCUT2D eigenvalue weighted by Crippen LogP contribution is 2.27. The molecule has 0 saturated carbocycles. The van der Waals surface area contributed by atoms with Gasteiger partial charge in [-0.2, -0.15) is 0 Å². The molecular weight excluding hydrogens is 454 g/mol. The zero-order chi connectivity index (χ0) is 22.7. The molecule has 0 fully saturated rings. The SMILES string of the molecule is Cc1ccc(S(=O)(=O)n2cc(/C=c3\sc4nc5ccccc5n4c3=O)c3ccccc32)cc1. The number of benzene rings is 3. The number of fused-ring (bicyclic) bond motifs is 4. The van der Waals surface area contributed by atoms with Crippen LogP contribution in [0.25, 0.3) is 33.0 Å². The van der Waals surface area contributed by atoms with E-state index >= 15 is 0 Å². The topological polar surface area (TPSA) is 73.4 Å². The molecule has 8 heteroatoms. The molecule has 0 saturated heterocycles. The molecule has 6 nitrogen and oxygen atoms in total. The Kier molecular flexibility index (Phi) is 4.30. The number of aromatic nitrogens is 3. The summed E-state index contributed by atoms with van der Waals surface area (Å²) in [7, 11) is -3.80. The monoisotopic (exact) mass is 471 g/mol. The van der Waals surface area contributed by atoms with E-state index in [4.69, 9.17) is 0 Å². The largest absolute Gasteiger partial charge is 0.274 e. The van der Waals surface area contributed by atoms with Gasteiger partial charge in [0.1, 0.15) is 0 Å². The van der Waals surface area contributed by atoms with Gasteiger partial charge < -0.3 is 0 Å². The van der Waals surface area contributed by atoms with Crippen molar-refractivity contribution >= 4 is 54.3 Å². The third-order valence-corrected chi connectivity index (χ3v) is 8.38. The summed E-state index contributed by atoms with van der Waals surface area (Å²) in [5.41, 5.74) is 3.57. The van der Waals surface area contributed by atoms with Crippen molar-refractivity contribution in [2.45, 2.75) is 11.8 Å². The Morgan fingerprint density at radius 3 is 2.39 bits per heavy atom. The molecule has 162 valence electrons. The van der Waals surface area contributed by atoms with E-state index in [-0.39, 0.29) is 10.5 Å². The molecule has 0 atom stereocenters. The van der Waals surface area contributed by atoms with Crippen LogP contribution >= 0.6 is 11.3 Å². The van der Waals surface area contributed by atoms with Gasteiger partial charge in [-0.15, -0.1) is 0 Å². The second-order valence-electron chi connectivity index (χ2n) is 7.85. The minimum atomic E-state index is -3.80. The highest BCUT2D eigenvalue weighted by molar-refractivity contribution is 7.90. The van der Waals surface area contributed by atoms with Crippen LogP contribution in [0.5, 0.6) is 0 Å². The lowest BCUT2D eigenvalue weighted by molar-refractivity contribution is 0.589. The van der Waals surface area contributed by atoms with Gasteiger partial charge in [0.25, 0.3) is 15.6 Å². The van der Waals surface area contributed by atoms with E-state index in [2.05, 4.69) is 4.98 Å². The Hall–Kier alpha value is -3.75. The van der Waals surface area contributed by atoms with Crippen molar-refractivity contribution in [1.29, 1.82) is 0 Å². The molecule has 0 spiro atoms. The quantitative estimate of drug-likeness (QED) is 0.392. The number of imidazole rings is 1. The molecule has 0 aliphatic heterocycles. The van der Waals surface area contributed by atoms with E-state index in [0.717, 1.165) is 22.0 Å². The maximum absolute atomic E-state index is 13.4. The lowest BCUT2D eigenvalue weighted by Gasteiger charge is -2.07. The summed E-state index contributed by atoms with van der Waals surface area (Å²) in [5, 5.41) is 0.753. The normalized spacial score (nSPS) is 12.9. The summed E-state index contributed by atoms with van der Waals surface area (Å²) in [6.45, 7) is 1.91. The van der Waals surface area contributed by atoms with Gasteiger partial charge in [0.05, 0.1) is 26.0 Å². The second-order valence-corrected chi connectivity index (χ2v) is 10.7. The zero-order valence-electron chi connectivity index (χ0n) is 17.5. The summed E-state index contributed by atoms with van der Waals surface area (Å²) >= 11 is 1.29. The maximum Gasteiger partial charge on any atom is 0.274 e. The highest BCUT2D eigenvalue weighted by atomic mass is 32.2. The van der Waals surface area contributed by atoms with Gasteiger partial charge in [-0.3, -0.25) is 4.79 Å². The van der Waals surface area contributed by atoms with Crippen molar-refractivity contribution in [1.82, 2.24) is 13.4 Å². The predicted molar refractivity (Wildman–Crippen MR) is 131 cm³/mol. The fourth-order valence-electron chi connectivity index (χ4n) is 4.07. The summed E-state index contributed by atoms with van der Waals surface area (Å²) < 4.78 is 30.2. The van der Waals surface area contributed by atoms with E-state index < -0.39 is 10.0 Å². The number of hydrogen-bond acceptors (Lipinski definition) is 5. The molecule has 0 aliphatic carbocycles. The predicted octanol–water partition coefficient (Wildman–Crippen LogP) is 3.96. The summed E-state index contributed by atoms with van der Waals surface area (Å²) in [4.78, 5) is 18.6. The van der Waals surface area contributed by atoms with E-state index in [0.29, 0.717) is 20.6 Å². The third-order valence-electron chi connectivity index (χ3n) is 5.72. The fraction of sp³-hybridized carbons (Fsp3) is 0.0400. The third kappa shape index (κ3) is 3.02. The second kappa shape index (κ2) is 7.13. The molecule has 3 aromatic heterocycles. The minimum absolute atomic E-state index is 0.165. The van der Waals surface area contributed by atoms with Crippen LogP contribution in [0.3, 0.4) is 0 Å². The van der Waals surface area contributed by atoms with Gasteiger partial charge in [-0.1, -0.05) is 59.4 Å². The molecule has 0 bridgehead atoms. The first-order chi connectivity index (χ1) is 15.9. The van der Waals surface area contributed by atoms with E-state index in [1.165, 1.54) is 15.3 Å². The number of hydrogen-bond donors (Lipinski definition) is 0. The van der Waals surface area contributed by atoms with Crippen molar-refractivity contribution in [3.05, 3.63) is 105 Å².